The minimum absolute atomic E-state index is 0. The Morgan fingerprint density at radius 1 is 0.966 bits per heavy atom. The Morgan fingerprint density at radius 2 is 1.55 bits per heavy atom. The van der Waals surface area contributed by atoms with Crippen LogP contribution >= 0.6 is 0 Å². The fraction of sp³-hybridized carbons (Fsp3) is 0.667. The van der Waals surface area contributed by atoms with Crippen molar-refractivity contribution in [1.29, 1.82) is 0 Å². The summed E-state index contributed by atoms with van der Waals surface area (Å²) in [6.45, 7) is 11.8. The van der Waals surface area contributed by atoms with Gasteiger partial charge in [-0.25, -0.2) is 0 Å². The molecule has 0 atom stereocenters. The summed E-state index contributed by atoms with van der Waals surface area (Å²) in [4.78, 5) is 23.6. The van der Waals surface area contributed by atoms with Gasteiger partial charge in [-0.3, -0.25) is 9.59 Å². The zero-order valence-corrected chi connectivity index (χ0v) is 19.3. The molecular formula is C24H43NO4. The van der Waals surface area contributed by atoms with E-state index in [1.165, 1.54) is 5.56 Å². The maximum atomic E-state index is 12.1. The van der Waals surface area contributed by atoms with Crippen LogP contribution in [-0.4, -0.2) is 45.2 Å². The van der Waals surface area contributed by atoms with Crippen molar-refractivity contribution in [3.05, 3.63) is 35.4 Å². The van der Waals surface area contributed by atoms with Crippen LogP contribution in [0.5, 0.6) is 0 Å². The fourth-order valence-corrected chi connectivity index (χ4v) is 3.32. The van der Waals surface area contributed by atoms with Crippen molar-refractivity contribution in [2.45, 2.75) is 66.2 Å². The molecule has 1 aromatic rings. The van der Waals surface area contributed by atoms with E-state index < -0.39 is 0 Å². The van der Waals surface area contributed by atoms with Crippen LogP contribution < -0.4 is 5.32 Å². The second kappa shape index (κ2) is 17.2. The van der Waals surface area contributed by atoms with E-state index in [9.17, 15) is 9.59 Å². The third-order valence-corrected chi connectivity index (χ3v) is 4.91. The number of hydrogen-bond donors (Lipinski definition) is 1. The number of amides is 1. The van der Waals surface area contributed by atoms with Gasteiger partial charge in [0.2, 0.25) is 0 Å². The monoisotopic (exact) mass is 409 g/mol. The molecule has 2 rings (SSSR count). The van der Waals surface area contributed by atoms with Crippen LogP contribution in [0.15, 0.2) is 24.3 Å². The van der Waals surface area contributed by atoms with Gasteiger partial charge in [-0.1, -0.05) is 39.8 Å². The van der Waals surface area contributed by atoms with E-state index in [2.05, 4.69) is 5.32 Å². The summed E-state index contributed by atoms with van der Waals surface area (Å²) in [5, 5.41) is 2.85. The predicted octanol–water partition coefficient (Wildman–Crippen LogP) is 5.24. The molecule has 1 aromatic carbocycles. The van der Waals surface area contributed by atoms with Crippen molar-refractivity contribution in [2.75, 3.05) is 33.5 Å². The van der Waals surface area contributed by atoms with Gasteiger partial charge in [0.15, 0.2) is 0 Å². The molecule has 0 aliphatic heterocycles. The quantitative estimate of drug-likeness (QED) is 0.566. The molecular weight excluding hydrogens is 366 g/mol. The van der Waals surface area contributed by atoms with Gasteiger partial charge in [0.25, 0.3) is 5.91 Å². The Hall–Kier alpha value is -1.72. The molecule has 0 saturated heterocycles. The Kier molecular flexibility index (Phi) is 16.1. The summed E-state index contributed by atoms with van der Waals surface area (Å²) < 4.78 is 10.2. The average Bonchev–Trinajstić information content (AvgIpc) is 2.79. The maximum Gasteiger partial charge on any atom is 0.251 e. The number of carbonyl (C=O) groups is 2. The molecule has 0 aromatic heterocycles. The number of rotatable bonds is 9. The molecule has 5 nitrogen and oxygen atoms in total. The summed E-state index contributed by atoms with van der Waals surface area (Å²) >= 11 is 0. The number of methoxy groups -OCH3 is 1. The van der Waals surface area contributed by atoms with Gasteiger partial charge in [0.05, 0.1) is 19.8 Å². The predicted molar refractivity (Wildman–Crippen MR) is 122 cm³/mol. The molecule has 0 heterocycles. The SMILES string of the molecule is CC.CC.COCCOCCNC(=O)c1ccc(C2CCC(C(C)=O)CC2)cc1.[HH]. The summed E-state index contributed by atoms with van der Waals surface area (Å²) in [5.41, 5.74) is 1.93. The first-order valence-corrected chi connectivity index (χ1v) is 11.1. The van der Waals surface area contributed by atoms with Crippen LogP contribution in [0.3, 0.4) is 0 Å². The van der Waals surface area contributed by atoms with E-state index in [0.717, 1.165) is 25.7 Å². The Bertz CT molecular complexity index is 555. The molecule has 0 bridgehead atoms. The molecule has 168 valence electrons. The number of ketones is 1. The largest absolute Gasteiger partial charge is 0.382 e. The van der Waals surface area contributed by atoms with Crippen LogP contribution in [0.1, 0.15) is 83.6 Å². The molecule has 0 unspecified atom stereocenters. The first-order chi connectivity index (χ1) is 14.1. The zero-order valence-electron chi connectivity index (χ0n) is 19.3. The number of nitrogens with one attached hydrogen (secondary N) is 1. The lowest BCUT2D eigenvalue weighted by molar-refractivity contribution is -0.121. The number of Topliss-reactive ketones (excluding diaryl/α,β-unsaturated/α-hetero) is 1. The normalized spacial score (nSPS) is 17.9. The van der Waals surface area contributed by atoms with E-state index in [4.69, 9.17) is 9.47 Å². The molecule has 0 spiro atoms. The molecule has 29 heavy (non-hydrogen) atoms. The van der Waals surface area contributed by atoms with Crippen LogP contribution in [0.4, 0.5) is 0 Å². The van der Waals surface area contributed by atoms with Gasteiger partial charge in [-0.05, 0) is 56.2 Å². The summed E-state index contributed by atoms with van der Waals surface area (Å²) in [6, 6.07) is 7.85. The summed E-state index contributed by atoms with van der Waals surface area (Å²) in [6.07, 6.45) is 4.06. The first-order valence-electron chi connectivity index (χ1n) is 11.1. The molecule has 1 aliphatic carbocycles. The smallest absolute Gasteiger partial charge is 0.251 e. The van der Waals surface area contributed by atoms with E-state index in [0.29, 0.717) is 43.6 Å². The topological polar surface area (TPSA) is 64.6 Å². The Labute approximate surface area is 179 Å². The van der Waals surface area contributed by atoms with Crippen molar-refractivity contribution < 1.29 is 20.5 Å². The van der Waals surface area contributed by atoms with E-state index >= 15 is 0 Å². The lowest BCUT2D eigenvalue weighted by atomic mass is 9.77. The third kappa shape index (κ3) is 10.6. The van der Waals surface area contributed by atoms with Crippen molar-refractivity contribution in [3.8, 4) is 0 Å². The standard InChI is InChI=1S/C20H29NO4.2C2H6.H2/c1-15(22)16-3-5-17(6-4-16)18-7-9-19(10-8-18)20(23)21-11-12-25-14-13-24-2;2*1-2;/h7-10,16-17H,3-6,11-14H2,1-2H3,(H,21,23);2*1-2H3;1H. The second-order valence-corrected chi connectivity index (χ2v) is 6.64. The molecule has 1 amide bonds. The highest BCUT2D eigenvalue weighted by atomic mass is 16.5. The van der Waals surface area contributed by atoms with Crippen LogP contribution in [0, 0.1) is 5.92 Å². The zero-order chi connectivity index (χ0) is 22.1. The summed E-state index contributed by atoms with van der Waals surface area (Å²) in [5.74, 6) is 0.980. The molecule has 1 N–H and O–H groups in total. The first kappa shape index (κ1) is 27.3. The van der Waals surface area contributed by atoms with Gasteiger partial charge >= 0.3 is 0 Å². The fourth-order valence-electron chi connectivity index (χ4n) is 3.32. The maximum absolute atomic E-state index is 12.1. The van der Waals surface area contributed by atoms with Gasteiger partial charge in [-0.15, -0.1) is 0 Å². The van der Waals surface area contributed by atoms with Gasteiger partial charge in [-0.2, -0.15) is 0 Å². The van der Waals surface area contributed by atoms with E-state index in [1.807, 2.05) is 52.0 Å². The highest BCUT2D eigenvalue weighted by molar-refractivity contribution is 5.94. The van der Waals surface area contributed by atoms with Crippen molar-refractivity contribution in [2.24, 2.45) is 5.92 Å². The van der Waals surface area contributed by atoms with Crippen molar-refractivity contribution in [1.82, 2.24) is 5.32 Å². The number of hydrogen-bond acceptors (Lipinski definition) is 4. The van der Waals surface area contributed by atoms with Crippen LogP contribution in [0.2, 0.25) is 0 Å². The Balaban J connectivity index is 0. The van der Waals surface area contributed by atoms with E-state index in [1.54, 1.807) is 14.0 Å². The summed E-state index contributed by atoms with van der Waals surface area (Å²) in [7, 11) is 1.63. The van der Waals surface area contributed by atoms with Gasteiger partial charge < -0.3 is 14.8 Å². The van der Waals surface area contributed by atoms with Gasteiger partial charge in [0.1, 0.15) is 5.78 Å². The lowest BCUT2D eigenvalue weighted by Gasteiger charge is -2.27. The van der Waals surface area contributed by atoms with Crippen LogP contribution in [0.25, 0.3) is 0 Å². The van der Waals surface area contributed by atoms with E-state index in [-0.39, 0.29) is 13.3 Å². The number of ether oxygens (including phenoxy) is 2. The minimum Gasteiger partial charge on any atom is -0.382 e. The molecule has 5 heteroatoms. The van der Waals surface area contributed by atoms with Gasteiger partial charge in [0, 0.05) is 26.6 Å². The Morgan fingerprint density at radius 3 is 2.07 bits per heavy atom. The molecule has 1 aliphatic rings. The number of carbonyl (C=O) groups excluding carboxylic acids is 2. The minimum atomic E-state index is -0.0813. The highest BCUT2D eigenvalue weighted by Crippen LogP contribution is 2.36. The molecule has 1 fully saturated rings. The molecule has 1 saturated carbocycles. The molecule has 0 radical (unpaired) electrons. The highest BCUT2D eigenvalue weighted by Gasteiger charge is 2.24. The van der Waals surface area contributed by atoms with Crippen LogP contribution in [-0.2, 0) is 14.3 Å². The lowest BCUT2D eigenvalue weighted by Crippen LogP contribution is -2.27. The number of benzene rings is 1. The van der Waals surface area contributed by atoms with Crippen molar-refractivity contribution >= 4 is 11.7 Å². The second-order valence-electron chi connectivity index (χ2n) is 6.64. The third-order valence-electron chi connectivity index (χ3n) is 4.91. The van der Waals surface area contributed by atoms with Crippen molar-refractivity contribution in [3.63, 3.8) is 0 Å². The average molecular weight is 410 g/mol.